The molecule has 0 atom stereocenters. The number of nitrogens with zero attached hydrogens (tertiary/aromatic N) is 3. The fourth-order valence-electron chi connectivity index (χ4n) is 3.56. The molecule has 28 heavy (non-hydrogen) atoms. The number of hydrogen-bond acceptors (Lipinski definition) is 3. The van der Waals surface area contributed by atoms with E-state index in [0.29, 0.717) is 11.4 Å². The monoisotopic (exact) mass is 378 g/mol. The van der Waals surface area contributed by atoms with Gasteiger partial charge in [0.2, 0.25) is 5.82 Å². The molecule has 3 aromatic rings. The Labute approximate surface area is 163 Å². The van der Waals surface area contributed by atoms with Gasteiger partial charge in [0.15, 0.2) is 5.82 Å². The van der Waals surface area contributed by atoms with Crippen LogP contribution < -0.4 is 5.32 Å². The molecule has 0 aliphatic heterocycles. The van der Waals surface area contributed by atoms with E-state index in [-0.39, 0.29) is 23.6 Å². The molecular weight excluding hydrogens is 355 g/mol. The molecule has 1 saturated carbocycles. The van der Waals surface area contributed by atoms with Crippen LogP contribution in [0, 0.1) is 12.7 Å². The second-order valence-corrected chi connectivity index (χ2v) is 7.32. The van der Waals surface area contributed by atoms with Crippen LogP contribution in [0.2, 0.25) is 0 Å². The minimum Gasteiger partial charge on any atom is -0.347 e. The molecule has 1 fully saturated rings. The summed E-state index contributed by atoms with van der Waals surface area (Å²) in [6.07, 6.45) is 5.49. The quantitative estimate of drug-likeness (QED) is 0.730. The molecule has 6 heteroatoms. The smallest absolute Gasteiger partial charge is 0.291 e. The summed E-state index contributed by atoms with van der Waals surface area (Å²) in [7, 11) is 0. The number of rotatable bonds is 4. The van der Waals surface area contributed by atoms with Gasteiger partial charge >= 0.3 is 0 Å². The summed E-state index contributed by atoms with van der Waals surface area (Å²) < 4.78 is 15.0. The molecule has 2 aromatic carbocycles. The van der Waals surface area contributed by atoms with Crippen LogP contribution in [0.5, 0.6) is 0 Å². The van der Waals surface area contributed by atoms with E-state index < -0.39 is 0 Å². The summed E-state index contributed by atoms with van der Waals surface area (Å²) in [5.74, 6) is 0.0599. The van der Waals surface area contributed by atoms with E-state index in [4.69, 9.17) is 0 Å². The van der Waals surface area contributed by atoms with Crippen molar-refractivity contribution in [1.82, 2.24) is 20.1 Å². The maximum absolute atomic E-state index is 13.4. The highest BCUT2D eigenvalue weighted by Gasteiger charge is 2.22. The number of carbonyl (C=O) groups excluding carboxylic acids is 1. The summed E-state index contributed by atoms with van der Waals surface area (Å²) in [6, 6.07) is 14.1. The maximum atomic E-state index is 13.4. The van der Waals surface area contributed by atoms with Crippen molar-refractivity contribution < 1.29 is 9.18 Å². The number of aryl methyl sites for hydroxylation is 1. The first-order chi connectivity index (χ1) is 13.6. The topological polar surface area (TPSA) is 59.8 Å². The number of aromatic nitrogens is 3. The molecule has 1 aromatic heterocycles. The van der Waals surface area contributed by atoms with Crippen molar-refractivity contribution >= 4 is 5.91 Å². The van der Waals surface area contributed by atoms with Crippen molar-refractivity contribution in [2.75, 3.05) is 0 Å². The number of benzene rings is 2. The fourth-order valence-corrected chi connectivity index (χ4v) is 3.56. The summed E-state index contributed by atoms with van der Waals surface area (Å²) in [5.41, 5.74) is 2.63. The Hall–Kier alpha value is -3.02. The number of carbonyl (C=O) groups is 1. The van der Waals surface area contributed by atoms with Gasteiger partial charge in [-0.15, -0.1) is 5.10 Å². The zero-order chi connectivity index (χ0) is 19.5. The molecule has 144 valence electrons. The van der Waals surface area contributed by atoms with Gasteiger partial charge in [0, 0.05) is 11.6 Å². The van der Waals surface area contributed by atoms with Gasteiger partial charge in [0.25, 0.3) is 5.91 Å². The minimum absolute atomic E-state index is 0.130. The Morgan fingerprint density at radius 3 is 2.39 bits per heavy atom. The second kappa shape index (κ2) is 7.92. The maximum Gasteiger partial charge on any atom is 0.291 e. The van der Waals surface area contributed by atoms with Gasteiger partial charge < -0.3 is 5.32 Å². The van der Waals surface area contributed by atoms with E-state index in [1.54, 1.807) is 16.8 Å². The zero-order valence-corrected chi connectivity index (χ0v) is 15.9. The summed E-state index contributed by atoms with van der Waals surface area (Å²) in [6.45, 7) is 2.01. The van der Waals surface area contributed by atoms with Crippen LogP contribution in [-0.2, 0) is 0 Å². The van der Waals surface area contributed by atoms with Gasteiger partial charge in [0.05, 0.1) is 5.69 Å². The average Bonchev–Trinajstić information content (AvgIpc) is 3.15. The highest BCUT2D eigenvalue weighted by molar-refractivity contribution is 5.91. The lowest BCUT2D eigenvalue weighted by Crippen LogP contribution is -2.36. The lowest BCUT2D eigenvalue weighted by atomic mass is 9.95. The molecule has 1 amide bonds. The Morgan fingerprint density at radius 2 is 1.71 bits per heavy atom. The van der Waals surface area contributed by atoms with Gasteiger partial charge in [-0.1, -0.05) is 37.0 Å². The van der Waals surface area contributed by atoms with Crippen molar-refractivity contribution in [2.45, 2.75) is 45.1 Å². The zero-order valence-electron chi connectivity index (χ0n) is 15.9. The van der Waals surface area contributed by atoms with Gasteiger partial charge in [0.1, 0.15) is 5.82 Å². The minimum atomic E-state index is -0.319. The summed E-state index contributed by atoms with van der Waals surface area (Å²) in [4.78, 5) is 17.2. The van der Waals surface area contributed by atoms with E-state index in [0.717, 1.165) is 36.9 Å². The molecule has 5 nitrogen and oxygen atoms in total. The SMILES string of the molecule is Cc1ccc(-n2nc(C(=O)NC3CCCCC3)nc2-c2ccc(F)cc2)cc1. The van der Waals surface area contributed by atoms with E-state index in [1.165, 1.54) is 18.6 Å². The van der Waals surface area contributed by atoms with Crippen LogP contribution in [0.15, 0.2) is 48.5 Å². The van der Waals surface area contributed by atoms with Crippen LogP contribution in [0.4, 0.5) is 4.39 Å². The van der Waals surface area contributed by atoms with E-state index in [1.807, 2.05) is 31.2 Å². The Balaban J connectivity index is 1.69. The van der Waals surface area contributed by atoms with Gasteiger partial charge in [-0.05, 0) is 56.2 Å². The summed E-state index contributed by atoms with van der Waals surface area (Å²) >= 11 is 0. The predicted molar refractivity (Wildman–Crippen MR) is 106 cm³/mol. The van der Waals surface area contributed by atoms with E-state index >= 15 is 0 Å². The lowest BCUT2D eigenvalue weighted by molar-refractivity contribution is 0.0917. The second-order valence-electron chi connectivity index (χ2n) is 7.32. The first-order valence-corrected chi connectivity index (χ1v) is 9.71. The first-order valence-electron chi connectivity index (χ1n) is 9.71. The highest BCUT2D eigenvalue weighted by Crippen LogP contribution is 2.23. The average molecular weight is 378 g/mol. The molecule has 1 N–H and O–H groups in total. The number of hydrogen-bond donors (Lipinski definition) is 1. The van der Waals surface area contributed by atoms with Crippen molar-refractivity contribution in [2.24, 2.45) is 0 Å². The molecule has 0 saturated heterocycles. The third kappa shape index (κ3) is 3.96. The van der Waals surface area contributed by atoms with Crippen LogP contribution in [0.25, 0.3) is 17.1 Å². The van der Waals surface area contributed by atoms with Crippen LogP contribution in [0.1, 0.15) is 48.3 Å². The number of nitrogens with one attached hydrogen (secondary N) is 1. The van der Waals surface area contributed by atoms with Gasteiger partial charge in [-0.2, -0.15) is 0 Å². The van der Waals surface area contributed by atoms with Crippen LogP contribution in [0.3, 0.4) is 0 Å². The standard InChI is InChI=1S/C22H23FN4O/c1-15-7-13-19(14-8-15)27-21(16-9-11-17(23)12-10-16)25-20(26-27)22(28)24-18-5-3-2-4-6-18/h7-14,18H,2-6H2,1H3,(H,24,28). The Kier molecular flexibility index (Phi) is 5.19. The van der Waals surface area contributed by atoms with Gasteiger partial charge in [-0.25, -0.2) is 14.1 Å². The van der Waals surface area contributed by atoms with Crippen molar-refractivity contribution in [3.63, 3.8) is 0 Å². The van der Waals surface area contributed by atoms with Crippen molar-refractivity contribution in [3.8, 4) is 17.1 Å². The highest BCUT2D eigenvalue weighted by atomic mass is 19.1. The molecule has 0 unspecified atom stereocenters. The largest absolute Gasteiger partial charge is 0.347 e. The molecular formula is C22H23FN4O. The number of halogens is 1. The first kappa shape index (κ1) is 18.3. The van der Waals surface area contributed by atoms with Crippen LogP contribution in [-0.4, -0.2) is 26.7 Å². The van der Waals surface area contributed by atoms with E-state index in [9.17, 15) is 9.18 Å². The third-order valence-electron chi connectivity index (χ3n) is 5.13. The van der Waals surface area contributed by atoms with E-state index in [2.05, 4.69) is 15.4 Å². The Bertz CT molecular complexity index is 894. The van der Waals surface area contributed by atoms with Crippen LogP contribution >= 0.6 is 0 Å². The molecule has 1 aliphatic carbocycles. The molecule has 1 heterocycles. The molecule has 0 spiro atoms. The Morgan fingerprint density at radius 1 is 1.04 bits per heavy atom. The summed E-state index contributed by atoms with van der Waals surface area (Å²) in [5, 5.41) is 7.53. The lowest BCUT2D eigenvalue weighted by Gasteiger charge is -2.21. The van der Waals surface area contributed by atoms with Crippen molar-refractivity contribution in [1.29, 1.82) is 0 Å². The predicted octanol–water partition coefficient (Wildman–Crippen LogP) is 4.44. The fraction of sp³-hybridized carbons (Fsp3) is 0.318. The normalized spacial score (nSPS) is 14.8. The molecule has 0 radical (unpaired) electrons. The molecule has 1 aliphatic rings. The molecule has 0 bridgehead atoms. The molecule has 4 rings (SSSR count). The van der Waals surface area contributed by atoms with Crippen molar-refractivity contribution in [3.05, 3.63) is 65.7 Å². The van der Waals surface area contributed by atoms with Gasteiger partial charge in [-0.3, -0.25) is 4.79 Å². The number of amides is 1. The third-order valence-corrected chi connectivity index (χ3v) is 5.13.